The molecular formula is C17H20N4. The quantitative estimate of drug-likeness (QED) is 0.653. The molecule has 0 amide bonds. The lowest BCUT2D eigenvalue weighted by molar-refractivity contribution is 0.968. The summed E-state index contributed by atoms with van der Waals surface area (Å²) in [4.78, 5) is 6.23. The molecule has 0 aliphatic rings. The number of hydrogen-bond acceptors (Lipinski definition) is 3. The first-order valence-electron chi connectivity index (χ1n) is 6.87. The molecule has 1 aromatic carbocycles. The van der Waals surface area contributed by atoms with Gasteiger partial charge in [-0.15, -0.1) is 0 Å². The van der Waals surface area contributed by atoms with Gasteiger partial charge < -0.3 is 10.2 Å². The lowest BCUT2D eigenvalue weighted by atomic mass is 10.1. The van der Waals surface area contributed by atoms with E-state index in [4.69, 9.17) is 5.41 Å². The van der Waals surface area contributed by atoms with Crippen molar-refractivity contribution in [3.8, 4) is 0 Å². The summed E-state index contributed by atoms with van der Waals surface area (Å²) in [6.45, 7) is 2.68. The van der Waals surface area contributed by atoms with Crippen LogP contribution in [0, 0.1) is 12.3 Å². The number of anilines is 1. The van der Waals surface area contributed by atoms with Gasteiger partial charge >= 0.3 is 0 Å². The standard InChI is InChI=1S/C17H20N4/c1-14-6-8-15(9-7-14)13-21(16(18)10-12-19-2)17-5-3-4-11-20-17/h3-12,18-19H,13H2,1-2H3/b12-10-,18-16?. The van der Waals surface area contributed by atoms with Crippen molar-refractivity contribution in [1.82, 2.24) is 10.3 Å². The van der Waals surface area contributed by atoms with Crippen LogP contribution in [0.2, 0.25) is 0 Å². The van der Waals surface area contributed by atoms with Gasteiger partial charge in [0, 0.05) is 13.2 Å². The Hall–Kier alpha value is -2.62. The Morgan fingerprint density at radius 2 is 2.00 bits per heavy atom. The number of nitrogens with zero attached hydrogens (tertiary/aromatic N) is 2. The molecule has 21 heavy (non-hydrogen) atoms. The molecule has 1 heterocycles. The normalized spacial score (nSPS) is 10.6. The van der Waals surface area contributed by atoms with E-state index in [1.165, 1.54) is 5.56 Å². The van der Waals surface area contributed by atoms with Crippen LogP contribution >= 0.6 is 0 Å². The van der Waals surface area contributed by atoms with Gasteiger partial charge in [0.2, 0.25) is 0 Å². The van der Waals surface area contributed by atoms with Crippen LogP contribution < -0.4 is 10.2 Å². The van der Waals surface area contributed by atoms with Crippen LogP contribution in [0.5, 0.6) is 0 Å². The maximum absolute atomic E-state index is 8.24. The van der Waals surface area contributed by atoms with Gasteiger partial charge in [0.1, 0.15) is 11.7 Å². The van der Waals surface area contributed by atoms with Crippen molar-refractivity contribution in [2.24, 2.45) is 0 Å². The first kappa shape index (κ1) is 14.8. The molecule has 4 nitrogen and oxygen atoms in total. The lowest BCUT2D eigenvalue weighted by Gasteiger charge is -2.22. The first-order chi connectivity index (χ1) is 10.2. The molecule has 0 spiro atoms. The summed E-state index contributed by atoms with van der Waals surface area (Å²) in [7, 11) is 1.81. The molecule has 2 N–H and O–H groups in total. The molecule has 0 saturated carbocycles. The minimum atomic E-state index is 0.392. The van der Waals surface area contributed by atoms with E-state index in [1.807, 2.05) is 30.1 Å². The minimum Gasteiger partial charge on any atom is -0.394 e. The van der Waals surface area contributed by atoms with Crippen LogP contribution in [0.4, 0.5) is 5.82 Å². The van der Waals surface area contributed by atoms with Crippen LogP contribution in [0.1, 0.15) is 11.1 Å². The average molecular weight is 280 g/mol. The number of pyridine rings is 1. The highest BCUT2D eigenvalue weighted by atomic mass is 15.2. The second kappa shape index (κ2) is 7.24. The van der Waals surface area contributed by atoms with E-state index in [0.717, 1.165) is 11.4 Å². The van der Waals surface area contributed by atoms with Crippen molar-refractivity contribution in [1.29, 1.82) is 5.41 Å². The molecule has 0 fully saturated rings. The molecule has 0 bridgehead atoms. The molecule has 0 radical (unpaired) electrons. The molecule has 0 atom stereocenters. The molecule has 4 heteroatoms. The van der Waals surface area contributed by atoms with E-state index in [9.17, 15) is 0 Å². The van der Waals surface area contributed by atoms with Gasteiger partial charge in [-0.25, -0.2) is 4.98 Å². The van der Waals surface area contributed by atoms with Gasteiger partial charge in [-0.3, -0.25) is 5.41 Å². The monoisotopic (exact) mass is 280 g/mol. The average Bonchev–Trinajstić information content (AvgIpc) is 2.53. The molecule has 0 aliphatic heterocycles. The molecule has 0 aliphatic carbocycles. The second-order valence-corrected chi connectivity index (χ2v) is 4.77. The van der Waals surface area contributed by atoms with E-state index in [2.05, 4.69) is 41.5 Å². The summed E-state index contributed by atoms with van der Waals surface area (Å²) < 4.78 is 0. The van der Waals surface area contributed by atoms with Gasteiger partial charge in [0.05, 0.1) is 6.54 Å². The maximum Gasteiger partial charge on any atom is 0.134 e. The number of aromatic nitrogens is 1. The summed E-state index contributed by atoms with van der Waals surface area (Å²) in [5.41, 5.74) is 2.38. The highest BCUT2D eigenvalue weighted by molar-refractivity contribution is 6.02. The van der Waals surface area contributed by atoms with Gasteiger partial charge in [-0.2, -0.15) is 0 Å². The lowest BCUT2D eigenvalue weighted by Crippen LogP contribution is -2.29. The molecule has 0 unspecified atom stereocenters. The van der Waals surface area contributed by atoms with Crippen LogP contribution in [-0.2, 0) is 6.54 Å². The van der Waals surface area contributed by atoms with Gasteiger partial charge in [-0.1, -0.05) is 35.9 Å². The highest BCUT2D eigenvalue weighted by Gasteiger charge is 2.11. The number of nitrogens with one attached hydrogen (secondary N) is 2. The van der Waals surface area contributed by atoms with Gasteiger partial charge in [0.25, 0.3) is 0 Å². The second-order valence-electron chi connectivity index (χ2n) is 4.77. The largest absolute Gasteiger partial charge is 0.394 e. The fraction of sp³-hybridized carbons (Fsp3) is 0.176. The third-order valence-corrected chi connectivity index (χ3v) is 3.09. The van der Waals surface area contributed by atoms with Crippen molar-refractivity contribution in [2.75, 3.05) is 11.9 Å². The van der Waals surface area contributed by atoms with E-state index in [1.54, 1.807) is 18.5 Å². The molecule has 108 valence electrons. The SMILES string of the molecule is CN/C=C\C(=N)N(Cc1ccc(C)cc1)c1ccccn1. The van der Waals surface area contributed by atoms with Crippen LogP contribution in [-0.4, -0.2) is 17.9 Å². The van der Waals surface area contributed by atoms with Crippen LogP contribution in [0.25, 0.3) is 0 Å². The van der Waals surface area contributed by atoms with Gasteiger partial charge in [-0.05, 0) is 36.9 Å². The molecule has 2 rings (SSSR count). The predicted octanol–water partition coefficient (Wildman–Crippen LogP) is 3.11. The number of rotatable bonds is 5. The Morgan fingerprint density at radius 1 is 1.24 bits per heavy atom. The summed E-state index contributed by atoms with van der Waals surface area (Å²) in [6.07, 6.45) is 5.21. The number of amidine groups is 1. The zero-order valence-corrected chi connectivity index (χ0v) is 12.4. The Kier molecular flexibility index (Phi) is 5.10. The zero-order chi connectivity index (χ0) is 15.1. The summed E-state index contributed by atoms with van der Waals surface area (Å²) in [5, 5.41) is 11.1. The topological polar surface area (TPSA) is 52.0 Å². The third-order valence-electron chi connectivity index (χ3n) is 3.09. The van der Waals surface area contributed by atoms with Crippen molar-refractivity contribution < 1.29 is 0 Å². The summed E-state index contributed by atoms with van der Waals surface area (Å²) >= 11 is 0. The summed E-state index contributed by atoms with van der Waals surface area (Å²) in [5.74, 6) is 1.16. The number of benzene rings is 1. The fourth-order valence-corrected chi connectivity index (χ4v) is 1.93. The zero-order valence-electron chi connectivity index (χ0n) is 12.4. The smallest absolute Gasteiger partial charge is 0.134 e. The molecule has 1 aromatic heterocycles. The van der Waals surface area contributed by atoms with Crippen molar-refractivity contribution >= 4 is 11.7 Å². The number of aryl methyl sites for hydroxylation is 1. The Balaban J connectivity index is 2.25. The van der Waals surface area contributed by atoms with E-state index in [-0.39, 0.29) is 0 Å². The fourth-order valence-electron chi connectivity index (χ4n) is 1.93. The van der Waals surface area contributed by atoms with E-state index < -0.39 is 0 Å². The van der Waals surface area contributed by atoms with Crippen LogP contribution in [0.3, 0.4) is 0 Å². The van der Waals surface area contributed by atoms with E-state index in [0.29, 0.717) is 12.4 Å². The maximum atomic E-state index is 8.24. The summed E-state index contributed by atoms with van der Waals surface area (Å²) in [6, 6.07) is 14.1. The van der Waals surface area contributed by atoms with Crippen molar-refractivity contribution in [2.45, 2.75) is 13.5 Å². The Bertz CT molecular complexity index is 602. The van der Waals surface area contributed by atoms with Crippen molar-refractivity contribution in [3.05, 3.63) is 72.1 Å². The minimum absolute atomic E-state index is 0.392. The van der Waals surface area contributed by atoms with Crippen LogP contribution in [0.15, 0.2) is 60.9 Å². The van der Waals surface area contributed by atoms with Gasteiger partial charge in [0.15, 0.2) is 0 Å². The molecular weight excluding hydrogens is 260 g/mol. The third kappa shape index (κ3) is 4.18. The Labute approximate surface area is 125 Å². The number of hydrogen-bond donors (Lipinski definition) is 2. The van der Waals surface area contributed by atoms with Crippen molar-refractivity contribution in [3.63, 3.8) is 0 Å². The molecule has 2 aromatic rings. The Morgan fingerprint density at radius 3 is 2.62 bits per heavy atom. The predicted molar refractivity (Wildman–Crippen MR) is 87.5 cm³/mol. The molecule has 0 saturated heterocycles. The first-order valence-corrected chi connectivity index (χ1v) is 6.87. The highest BCUT2D eigenvalue weighted by Crippen LogP contribution is 2.15. The van der Waals surface area contributed by atoms with E-state index >= 15 is 0 Å².